The van der Waals surface area contributed by atoms with Gasteiger partial charge in [0.25, 0.3) is 5.91 Å². The quantitative estimate of drug-likeness (QED) is 0.155. The first-order valence-electron chi connectivity index (χ1n) is 13.5. The van der Waals surface area contributed by atoms with E-state index in [2.05, 4.69) is 12.1 Å². The largest absolute Gasteiger partial charge is 0.462 e. The summed E-state index contributed by atoms with van der Waals surface area (Å²) < 4.78 is 11.1. The minimum Gasteiger partial charge on any atom is -0.462 e. The van der Waals surface area contributed by atoms with Crippen LogP contribution in [0.25, 0.3) is 34.2 Å². The average molecular weight is 538 g/mol. The predicted molar refractivity (Wildman–Crippen MR) is 162 cm³/mol. The van der Waals surface area contributed by atoms with Crippen molar-refractivity contribution in [3.05, 3.63) is 150 Å². The molecule has 5 aromatic rings. The van der Waals surface area contributed by atoms with Gasteiger partial charge in [0.2, 0.25) is 0 Å². The molecule has 6 rings (SSSR count). The van der Waals surface area contributed by atoms with E-state index in [9.17, 15) is 9.59 Å². The maximum atomic E-state index is 13.8. The molecule has 1 aromatic heterocycles. The van der Waals surface area contributed by atoms with E-state index in [0.717, 1.165) is 33.6 Å². The molecular formula is C36H27NO4. The van der Waals surface area contributed by atoms with Crippen molar-refractivity contribution in [3.8, 4) is 22.5 Å². The number of hydrogen-bond donors (Lipinski definition) is 0. The Morgan fingerprint density at radius 1 is 0.732 bits per heavy atom. The van der Waals surface area contributed by atoms with Gasteiger partial charge >= 0.3 is 5.97 Å². The number of amides is 1. The van der Waals surface area contributed by atoms with Gasteiger partial charge in [-0.05, 0) is 72.2 Å². The zero-order chi connectivity index (χ0) is 28.2. The van der Waals surface area contributed by atoms with Crippen LogP contribution in [0.2, 0.25) is 0 Å². The Kier molecular flexibility index (Phi) is 7.16. The third kappa shape index (κ3) is 5.38. The van der Waals surface area contributed by atoms with Gasteiger partial charge < -0.3 is 9.15 Å². The van der Waals surface area contributed by atoms with E-state index in [-0.39, 0.29) is 11.9 Å². The molecule has 1 aliphatic rings. The van der Waals surface area contributed by atoms with E-state index in [1.807, 2.05) is 103 Å². The number of esters is 1. The first-order chi connectivity index (χ1) is 20.1. The Bertz CT molecular complexity index is 1750. The molecule has 0 radical (unpaired) electrons. The van der Waals surface area contributed by atoms with Crippen molar-refractivity contribution in [1.29, 1.82) is 0 Å². The Labute approximate surface area is 238 Å². The van der Waals surface area contributed by atoms with Crippen LogP contribution in [0.1, 0.15) is 28.6 Å². The lowest BCUT2D eigenvalue weighted by Crippen LogP contribution is -2.24. The minimum absolute atomic E-state index is 0.131. The zero-order valence-corrected chi connectivity index (χ0v) is 22.5. The molecule has 0 N–H and O–H groups in total. The van der Waals surface area contributed by atoms with Crippen LogP contribution in [-0.2, 0) is 9.53 Å². The fourth-order valence-corrected chi connectivity index (χ4v) is 4.85. The number of carbonyl (C=O) groups excluding carboxylic acids is 2. The molecule has 1 amide bonds. The molecule has 2 heterocycles. The van der Waals surface area contributed by atoms with Gasteiger partial charge in [-0.15, -0.1) is 0 Å². The number of anilines is 1. The molecule has 0 bridgehead atoms. The summed E-state index contributed by atoms with van der Waals surface area (Å²) >= 11 is 0. The van der Waals surface area contributed by atoms with Crippen molar-refractivity contribution in [2.45, 2.75) is 6.92 Å². The van der Waals surface area contributed by atoms with Crippen LogP contribution in [0.4, 0.5) is 5.69 Å². The second kappa shape index (κ2) is 11.4. The third-order valence-electron chi connectivity index (χ3n) is 6.89. The normalized spacial score (nSPS) is 13.9. The molecule has 41 heavy (non-hydrogen) atoms. The highest BCUT2D eigenvalue weighted by atomic mass is 16.5. The second-order valence-electron chi connectivity index (χ2n) is 9.55. The Morgan fingerprint density at radius 2 is 1.34 bits per heavy atom. The molecule has 0 aliphatic carbocycles. The van der Waals surface area contributed by atoms with Crippen molar-refractivity contribution >= 4 is 29.3 Å². The van der Waals surface area contributed by atoms with Gasteiger partial charge in [-0.25, -0.2) is 4.79 Å². The molecule has 5 nitrogen and oxygen atoms in total. The third-order valence-corrected chi connectivity index (χ3v) is 6.89. The molecule has 0 saturated carbocycles. The standard InChI is InChI=1S/C36H27NO4/c1-2-40-36(39)29-15-13-28(14-16-29)34-22-21-32(41-34)23-30-24-33(27-11-7-4-8-12-27)37(35(30)38)31-19-17-26(18-20-31)25-9-5-3-6-10-25/h3-24H,2H2,1H3/b30-23+. The van der Waals surface area contributed by atoms with Crippen LogP contribution >= 0.6 is 0 Å². The highest BCUT2D eigenvalue weighted by Gasteiger charge is 2.30. The number of hydrogen-bond acceptors (Lipinski definition) is 4. The van der Waals surface area contributed by atoms with E-state index in [0.29, 0.717) is 29.3 Å². The van der Waals surface area contributed by atoms with E-state index in [1.165, 1.54) is 0 Å². The van der Waals surface area contributed by atoms with Crippen LogP contribution in [-0.4, -0.2) is 18.5 Å². The number of furan rings is 1. The highest BCUT2D eigenvalue weighted by Crippen LogP contribution is 2.36. The monoisotopic (exact) mass is 537 g/mol. The molecule has 0 atom stereocenters. The number of rotatable bonds is 7. The molecule has 0 saturated heterocycles. The lowest BCUT2D eigenvalue weighted by molar-refractivity contribution is -0.113. The molecule has 4 aromatic carbocycles. The van der Waals surface area contributed by atoms with Gasteiger partial charge in [0.1, 0.15) is 11.5 Å². The molecular weight excluding hydrogens is 510 g/mol. The first-order valence-corrected chi connectivity index (χ1v) is 13.5. The number of ether oxygens (including phenoxy) is 1. The Morgan fingerprint density at radius 3 is 2.00 bits per heavy atom. The summed E-state index contributed by atoms with van der Waals surface area (Å²) in [5.74, 6) is 0.707. The van der Waals surface area contributed by atoms with E-state index in [1.54, 1.807) is 30.0 Å². The smallest absolute Gasteiger partial charge is 0.338 e. The molecule has 0 spiro atoms. The SMILES string of the molecule is CCOC(=O)c1ccc(-c2ccc(/C=C3\C=C(c4ccccc4)N(c4ccc(-c5ccccc5)cc4)C3=O)o2)cc1. The lowest BCUT2D eigenvalue weighted by atomic mass is 10.0. The topological polar surface area (TPSA) is 59.8 Å². The lowest BCUT2D eigenvalue weighted by Gasteiger charge is -2.21. The summed E-state index contributed by atoms with van der Waals surface area (Å²) in [4.78, 5) is 27.5. The Hall–Kier alpha value is -5.42. The number of nitrogens with zero attached hydrogens (tertiary/aromatic N) is 1. The van der Waals surface area contributed by atoms with Crippen molar-refractivity contribution in [3.63, 3.8) is 0 Å². The van der Waals surface area contributed by atoms with Gasteiger partial charge in [-0.2, -0.15) is 0 Å². The van der Waals surface area contributed by atoms with Crippen molar-refractivity contribution < 1.29 is 18.7 Å². The highest BCUT2D eigenvalue weighted by molar-refractivity contribution is 6.23. The van der Waals surface area contributed by atoms with E-state index < -0.39 is 0 Å². The van der Waals surface area contributed by atoms with Gasteiger partial charge in [-0.1, -0.05) is 84.9 Å². The number of benzene rings is 4. The van der Waals surface area contributed by atoms with E-state index >= 15 is 0 Å². The van der Waals surface area contributed by atoms with E-state index in [4.69, 9.17) is 9.15 Å². The van der Waals surface area contributed by atoms with Crippen LogP contribution in [0.15, 0.2) is 137 Å². The summed E-state index contributed by atoms with van der Waals surface area (Å²) in [6.07, 6.45) is 3.67. The summed E-state index contributed by atoms with van der Waals surface area (Å²) in [6, 6.07) is 38.8. The van der Waals surface area contributed by atoms with Crippen molar-refractivity contribution in [1.82, 2.24) is 0 Å². The maximum Gasteiger partial charge on any atom is 0.338 e. The van der Waals surface area contributed by atoms with Gasteiger partial charge in [0, 0.05) is 16.8 Å². The summed E-state index contributed by atoms with van der Waals surface area (Å²) in [5, 5.41) is 0. The first kappa shape index (κ1) is 25.8. The fourth-order valence-electron chi connectivity index (χ4n) is 4.85. The van der Waals surface area contributed by atoms with Gasteiger partial charge in [0.05, 0.1) is 17.9 Å². The fraction of sp³-hybridized carbons (Fsp3) is 0.0556. The van der Waals surface area contributed by atoms with Crippen molar-refractivity contribution in [2.75, 3.05) is 11.5 Å². The van der Waals surface area contributed by atoms with Gasteiger partial charge in [0.15, 0.2) is 0 Å². The molecule has 0 unspecified atom stereocenters. The summed E-state index contributed by atoms with van der Waals surface area (Å²) in [6.45, 7) is 2.10. The Balaban J connectivity index is 1.30. The number of carbonyl (C=O) groups is 2. The average Bonchev–Trinajstić information content (AvgIpc) is 3.63. The molecule has 1 aliphatic heterocycles. The van der Waals surface area contributed by atoms with Crippen LogP contribution < -0.4 is 4.90 Å². The van der Waals surface area contributed by atoms with Gasteiger partial charge in [-0.3, -0.25) is 9.69 Å². The summed E-state index contributed by atoms with van der Waals surface area (Å²) in [7, 11) is 0. The zero-order valence-electron chi connectivity index (χ0n) is 22.5. The minimum atomic E-state index is -0.357. The van der Waals surface area contributed by atoms with Crippen LogP contribution in [0.3, 0.4) is 0 Å². The predicted octanol–water partition coefficient (Wildman–Crippen LogP) is 8.26. The molecule has 200 valence electrons. The molecule has 5 heteroatoms. The maximum absolute atomic E-state index is 13.8. The van der Waals surface area contributed by atoms with Crippen molar-refractivity contribution in [2.24, 2.45) is 0 Å². The van der Waals surface area contributed by atoms with Crippen LogP contribution in [0, 0.1) is 0 Å². The van der Waals surface area contributed by atoms with Crippen LogP contribution in [0.5, 0.6) is 0 Å². The summed E-state index contributed by atoms with van der Waals surface area (Å²) in [5.41, 5.74) is 6.56. The second-order valence-corrected chi connectivity index (χ2v) is 9.55. The molecule has 0 fully saturated rings.